The van der Waals surface area contributed by atoms with Gasteiger partial charge < -0.3 is 10.2 Å². The fourth-order valence-electron chi connectivity index (χ4n) is 2.22. The van der Waals surface area contributed by atoms with Crippen molar-refractivity contribution >= 4 is 0 Å². The van der Waals surface area contributed by atoms with Crippen LogP contribution in [-0.2, 0) is 6.54 Å². The van der Waals surface area contributed by atoms with Crippen LogP contribution in [0.4, 0.5) is 0 Å². The quantitative estimate of drug-likeness (QED) is 0.879. The van der Waals surface area contributed by atoms with Crippen LogP contribution in [0, 0.1) is 5.41 Å². The summed E-state index contributed by atoms with van der Waals surface area (Å²) >= 11 is 0. The maximum Gasteiger partial charge on any atom is 0.226 e. The van der Waals surface area contributed by atoms with Gasteiger partial charge in [-0.3, -0.25) is 4.90 Å². The number of rotatable bonds is 6. The molecule has 0 amide bonds. The van der Waals surface area contributed by atoms with E-state index in [0.29, 0.717) is 12.4 Å². The summed E-state index contributed by atoms with van der Waals surface area (Å²) in [5.74, 6) is 0.673. The average Bonchev–Trinajstić information content (AvgIpc) is 2.87. The molecule has 20 heavy (non-hydrogen) atoms. The molecule has 0 aliphatic heterocycles. The van der Waals surface area contributed by atoms with Gasteiger partial charge in [-0.2, -0.15) is 0 Å². The number of nitrogens with zero attached hydrogens (tertiary/aromatic N) is 2. The highest BCUT2D eigenvalue weighted by Crippen LogP contribution is 2.20. The van der Waals surface area contributed by atoms with Crippen LogP contribution in [0.25, 0.3) is 11.5 Å². The summed E-state index contributed by atoms with van der Waals surface area (Å²) in [6, 6.07) is 9.94. The number of nitrogens with two attached hydrogens (primary N) is 1. The van der Waals surface area contributed by atoms with Crippen molar-refractivity contribution in [1.29, 1.82) is 0 Å². The normalized spacial score (nSPS) is 12.1. The lowest BCUT2D eigenvalue weighted by Crippen LogP contribution is -2.36. The summed E-state index contributed by atoms with van der Waals surface area (Å²) in [6.45, 7) is 6.70. The Kier molecular flexibility index (Phi) is 4.57. The molecule has 1 aromatic carbocycles. The van der Waals surface area contributed by atoms with Gasteiger partial charge in [0.15, 0.2) is 0 Å². The van der Waals surface area contributed by atoms with Crippen LogP contribution in [0.15, 0.2) is 41.0 Å². The van der Waals surface area contributed by atoms with Crippen LogP contribution in [0.5, 0.6) is 0 Å². The molecule has 1 heterocycles. The first-order valence-corrected chi connectivity index (χ1v) is 6.88. The van der Waals surface area contributed by atoms with Crippen molar-refractivity contribution in [1.82, 2.24) is 9.88 Å². The van der Waals surface area contributed by atoms with Crippen molar-refractivity contribution < 1.29 is 4.42 Å². The zero-order valence-electron chi connectivity index (χ0n) is 12.5. The second-order valence-corrected chi connectivity index (χ2v) is 6.05. The molecular weight excluding hydrogens is 250 g/mol. The minimum Gasteiger partial charge on any atom is -0.444 e. The molecule has 2 aromatic rings. The van der Waals surface area contributed by atoms with Gasteiger partial charge in [-0.15, -0.1) is 0 Å². The predicted molar refractivity (Wildman–Crippen MR) is 81.1 cm³/mol. The highest BCUT2D eigenvalue weighted by molar-refractivity contribution is 5.52. The molecule has 0 spiro atoms. The van der Waals surface area contributed by atoms with Crippen molar-refractivity contribution in [2.45, 2.75) is 20.4 Å². The second-order valence-electron chi connectivity index (χ2n) is 6.05. The number of aromatic nitrogens is 1. The molecule has 0 fully saturated rings. The van der Waals surface area contributed by atoms with Crippen molar-refractivity contribution in [3.63, 3.8) is 0 Å². The Labute approximate surface area is 120 Å². The SMILES string of the molecule is CN(Cc1coc(-c2ccccc2)n1)CC(C)(C)CN. The Bertz CT molecular complexity index is 534. The zero-order valence-corrected chi connectivity index (χ0v) is 12.5. The Balaban J connectivity index is 2.00. The summed E-state index contributed by atoms with van der Waals surface area (Å²) in [4.78, 5) is 6.76. The fraction of sp³-hybridized carbons (Fsp3) is 0.438. The van der Waals surface area contributed by atoms with E-state index in [0.717, 1.165) is 24.3 Å². The van der Waals surface area contributed by atoms with Gasteiger partial charge in [0.1, 0.15) is 6.26 Å². The third-order valence-electron chi connectivity index (χ3n) is 3.25. The molecule has 1 aromatic heterocycles. The van der Waals surface area contributed by atoms with Crippen LogP contribution in [0.1, 0.15) is 19.5 Å². The molecule has 2 rings (SSSR count). The van der Waals surface area contributed by atoms with E-state index in [1.165, 1.54) is 0 Å². The van der Waals surface area contributed by atoms with E-state index in [4.69, 9.17) is 10.2 Å². The van der Waals surface area contributed by atoms with Crippen LogP contribution >= 0.6 is 0 Å². The van der Waals surface area contributed by atoms with E-state index in [1.807, 2.05) is 30.3 Å². The van der Waals surface area contributed by atoms with E-state index in [2.05, 4.69) is 30.8 Å². The second kappa shape index (κ2) is 6.20. The van der Waals surface area contributed by atoms with Gasteiger partial charge in [0.2, 0.25) is 5.89 Å². The molecule has 0 saturated heterocycles. The molecule has 0 atom stereocenters. The van der Waals surface area contributed by atoms with Gasteiger partial charge in [-0.25, -0.2) is 4.98 Å². The van der Waals surface area contributed by atoms with Gasteiger partial charge in [0, 0.05) is 18.7 Å². The Morgan fingerprint density at radius 3 is 2.60 bits per heavy atom. The van der Waals surface area contributed by atoms with E-state index >= 15 is 0 Å². The highest BCUT2D eigenvalue weighted by atomic mass is 16.3. The Morgan fingerprint density at radius 2 is 1.95 bits per heavy atom. The van der Waals surface area contributed by atoms with Gasteiger partial charge in [-0.05, 0) is 31.1 Å². The smallest absolute Gasteiger partial charge is 0.226 e. The van der Waals surface area contributed by atoms with Gasteiger partial charge in [0.25, 0.3) is 0 Å². The lowest BCUT2D eigenvalue weighted by atomic mass is 9.93. The third kappa shape index (κ3) is 3.92. The monoisotopic (exact) mass is 273 g/mol. The molecule has 0 aliphatic rings. The molecule has 0 saturated carbocycles. The molecular formula is C16H23N3O. The summed E-state index contributed by atoms with van der Waals surface area (Å²) in [5.41, 5.74) is 7.83. The van der Waals surface area contributed by atoms with Crippen molar-refractivity contribution in [3.05, 3.63) is 42.3 Å². The van der Waals surface area contributed by atoms with Crippen molar-refractivity contribution in [3.8, 4) is 11.5 Å². The van der Waals surface area contributed by atoms with E-state index in [-0.39, 0.29) is 5.41 Å². The molecule has 2 N–H and O–H groups in total. The lowest BCUT2D eigenvalue weighted by Gasteiger charge is -2.28. The van der Waals surface area contributed by atoms with Crippen LogP contribution in [-0.4, -0.2) is 30.0 Å². The summed E-state index contributed by atoms with van der Waals surface area (Å²) in [6.07, 6.45) is 1.73. The molecule has 0 radical (unpaired) electrons. The van der Waals surface area contributed by atoms with Crippen LogP contribution < -0.4 is 5.73 Å². The van der Waals surface area contributed by atoms with E-state index in [1.54, 1.807) is 6.26 Å². The number of hydrogen-bond acceptors (Lipinski definition) is 4. The lowest BCUT2D eigenvalue weighted by molar-refractivity contribution is 0.208. The topological polar surface area (TPSA) is 55.3 Å². The molecule has 0 bridgehead atoms. The first-order chi connectivity index (χ1) is 9.50. The molecule has 4 nitrogen and oxygen atoms in total. The number of benzene rings is 1. The van der Waals surface area contributed by atoms with Gasteiger partial charge in [0.05, 0.1) is 5.69 Å². The molecule has 108 valence electrons. The summed E-state index contributed by atoms with van der Waals surface area (Å²) in [5, 5.41) is 0. The summed E-state index contributed by atoms with van der Waals surface area (Å²) < 4.78 is 5.55. The summed E-state index contributed by atoms with van der Waals surface area (Å²) in [7, 11) is 2.08. The van der Waals surface area contributed by atoms with Crippen LogP contribution in [0.2, 0.25) is 0 Å². The van der Waals surface area contributed by atoms with E-state index in [9.17, 15) is 0 Å². The average molecular weight is 273 g/mol. The maximum atomic E-state index is 5.77. The van der Waals surface area contributed by atoms with Crippen LogP contribution in [0.3, 0.4) is 0 Å². The van der Waals surface area contributed by atoms with E-state index < -0.39 is 0 Å². The number of oxazole rings is 1. The Hall–Kier alpha value is -1.65. The third-order valence-corrected chi connectivity index (χ3v) is 3.25. The number of hydrogen-bond donors (Lipinski definition) is 1. The standard InChI is InChI=1S/C16H23N3O/c1-16(2,11-17)12-19(3)9-14-10-20-15(18-14)13-7-5-4-6-8-13/h4-8,10H,9,11-12,17H2,1-3H3. The zero-order chi connectivity index (χ0) is 14.6. The first kappa shape index (κ1) is 14.8. The fourth-order valence-corrected chi connectivity index (χ4v) is 2.22. The predicted octanol–water partition coefficient (Wildman–Crippen LogP) is 2.76. The first-order valence-electron chi connectivity index (χ1n) is 6.88. The minimum atomic E-state index is 0.112. The molecule has 0 aliphatic carbocycles. The molecule has 0 unspecified atom stereocenters. The Morgan fingerprint density at radius 1 is 1.25 bits per heavy atom. The largest absolute Gasteiger partial charge is 0.444 e. The van der Waals surface area contributed by atoms with Gasteiger partial charge in [-0.1, -0.05) is 32.0 Å². The van der Waals surface area contributed by atoms with Gasteiger partial charge >= 0.3 is 0 Å². The van der Waals surface area contributed by atoms with Crippen molar-refractivity contribution in [2.24, 2.45) is 11.1 Å². The maximum absolute atomic E-state index is 5.77. The molecule has 4 heteroatoms. The minimum absolute atomic E-state index is 0.112. The van der Waals surface area contributed by atoms with Crippen molar-refractivity contribution in [2.75, 3.05) is 20.1 Å². The highest BCUT2D eigenvalue weighted by Gasteiger charge is 2.19.